The molecule has 0 saturated carbocycles. The van der Waals surface area contributed by atoms with Crippen molar-refractivity contribution in [1.82, 2.24) is 5.32 Å². The lowest BCUT2D eigenvalue weighted by Gasteiger charge is -2.02. The second-order valence-electron chi connectivity index (χ2n) is 2.84. The molecule has 0 saturated heterocycles. The van der Waals surface area contributed by atoms with Crippen LogP contribution in [0.25, 0.3) is 0 Å². The van der Waals surface area contributed by atoms with Crippen molar-refractivity contribution in [3.05, 3.63) is 35.4 Å². The van der Waals surface area contributed by atoms with Crippen LogP contribution in [-0.2, 0) is 6.54 Å². The molecule has 1 aromatic rings. The van der Waals surface area contributed by atoms with Gasteiger partial charge in [0.2, 0.25) is 0 Å². The van der Waals surface area contributed by atoms with E-state index in [0.717, 1.165) is 5.56 Å². The van der Waals surface area contributed by atoms with Crippen LogP contribution < -0.4 is 11.1 Å². The van der Waals surface area contributed by atoms with Crippen molar-refractivity contribution in [2.24, 2.45) is 10.9 Å². The first kappa shape index (κ1) is 10.8. The number of rotatable bonds is 3. The largest absolute Gasteiger partial charge is 0.465 e. The normalized spacial score (nSPS) is 11.1. The summed E-state index contributed by atoms with van der Waals surface area (Å²) < 4.78 is 0. The Morgan fingerprint density at radius 2 is 2.00 bits per heavy atom. The second-order valence-corrected chi connectivity index (χ2v) is 2.84. The van der Waals surface area contributed by atoms with Crippen LogP contribution in [0.3, 0.4) is 0 Å². The summed E-state index contributed by atoms with van der Waals surface area (Å²) in [6.07, 6.45) is -1.07. The highest BCUT2D eigenvalue weighted by molar-refractivity contribution is 5.96. The highest BCUT2D eigenvalue weighted by atomic mass is 16.4. The van der Waals surface area contributed by atoms with Gasteiger partial charge in [-0.05, 0) is 5.56 Å². The van der Waals surface area contributed by atoms with Gasteiger partial charge in [0.25, 0.3) is 0 Å². The Bertz CT molecular complexity index is 373. The maximum absolute atomic E-state index is 10.2. The first-order valence-corrected chi connectivity index (χ1v) is 4.17. The van der Waals surface area contributed by atoms with E-state index in [0.29, 0.717) is 5.56 Å². The van der Waals surface area contributed by atoms with E-state index >= 15 is 0 Å². The predicted octanol–water partition coefficient (Wildman–Crippen LogP) is 0.549. The molecule has 1 amide bonds. The van der Waals surface area contributed by atoms with Gasteiger partial charge in [0.15, 0.2) is 5.84 Å². The predicted molar refractivity (Wildman–Crippen MR) is 53.8 cm³/mol. The SMILES string of the molecule is N/C(=N/O)c1ccc(CNC(=O)O)cc1. The minimum absolute atomic E-state index is 0.0211. The monoisotopic (exact) mass is 209 g/mol. The molecule has 0 aliphatic carbocycles. The van der Waals surface area contributed by atoms with Crippen LogP contribution in [0.5, 0.6) is 0 Å². The average Bonchev–Trinajstić information content (AvgIpc) is 2.26. The summed E-state index contributed by atoms with van der Waals surface area (Å²) in [6, 6.07) is 6.69. The highest BCUT2D eigenvalue weighted by Crippen LogP contribution is 2.03. The zero-order chi connectivity index (χ0) is 11.3. The number of nitrogens with two attached hydrogens (primary N) is 1. The molecule has 0 aliphatic heterocycles. The van der Waals surface area contributed by atoms with Crippen LogP contribution in [0.4, 0.5) is 4.79 Å². The van der Waals surface area contributed by atoms with E-state index in [9.17, 15) is 4.79 Å². The molecule has 5 N–H and O–H groups in total. The molecule has 0 heterocycles. The van der Waals surface area contributed by atoms with Gasteiger partial charge in [0.05, 0.1) is 0 Å². The molecule has 0 bridgehead atoms. The number of amides is 1. The van der Waals surface area contributed by atoms with E-state index in [4.69, 9.17) is 16.0 Å². The van der Waals surface area contributed by atoms with Gasteiger partial charge in [-0.2, -0.15) is 0 Å². The Balaban J connectivity index is 2.68. The van der Waals surface area contributed by atoms with Crippen molar-refractivity contribution in [3.63, 3.8) is 0 Å². The Morgan fingerprint density at radius 1 is 1.40 bits per heavy atom. The molecule has 6 nitrogen and oxygen atoms in total. The highest BCUT2D eigenvalue weighted by Gasteiger charge is 2.00. The van der Waals surface area contributed by atoms with Gasteiger partial charge in [-0.25, -0.2) is 4.79 Å². The third-order valence-electron chi connectivity index (χ3n) is 1.80. The van der Waals surface area contributed by atoms with E-state index in [1.165, 1.54) is 0 Å². The first-order chi connectivity index (χ1) is 7.13. The number of nitrogens with one attached hydrogen (secondary N) is 1. The number of hydrogen-bond acceptors (Lipinski definition) is 3. The van der Waals surface area contributed by atoms with Gasteiger partial charge in [0, 0.05) is 12.1 Å². The van der Waals surface area contributed by atoms with E-state index < -0.39 is 6.09 Å². The van der Waals surface area contributed by atoms with Crippen molar-refractivity contribution in [3.8, 4) is 0 Å². The molecule has 0 spiro atoms. The number of nitrogens with zero attached hydrogens (tertiary/aromatic N) is 1. The van der Waals surface area contributed by atoms with Crippen molar-refractivity contribution in [2.75, 3.05) is 0 Å². The Hall–Kier alpha value is -2.24. The van der Waals surface area contributed by atoms with Crippen LogP contribution in [0, 0.1) is 0 Å². The number of oxime groups is 1. The average molecular weight is 209 g/mol. The van der Waals surface area contributed by atoms with Gasteiger partial charge >= 0.3 is 6.09 Å². The lowest BCUT2D eigenvalue weighted by molar-refractivity contribution is 0.194. The molecular formula is C9H11N3O3. The fourth-order valence-electron chi connectivity index (χ4n) is 1.03. The summed E-state index contributed by atoms with van der Waals surface area (Å²) in [6.45, 7) is 0.228. The van der Waals surface area contributed by atoms with Gasteiger partial charge < -0.3 is 21.4 Å². The second kappa shape index (κ2) is 4.85. The van der Waals surface area contributed by atoms with Crippen molar-refractivity contribution < 1.29 is 15.1 Å². The maximum Gasteiger partial charge on any atom is 0.404 e. The minimum atomic E-state index is -1.07. The minimum Gasteiger partial charge on any atom is -0.465 e. The first-order valence-electron chi connectivity index (χ1n) is 4.17. The number of benzene rings is 1. The quantitative estimate of drug-likeness (QED) is 0.252. The zero-order valence-corrected chi connectivity index (χ0v) is 7.84. The van der Waals surface area contributed by atoms with Gasteiger partial charge in [-0.15, -0.1) is 0 Å². The van der Waals surface area contributed by atoms with Gasteiger partial charge in [-0.1, -0.05) is 29.4 Å². The molecule has 1 rings (SSSR count). The molecule has 0 aromatic heterocycles. The fourth-order valence-corrected chi connectivity index (χ4v) is 1.03. The molecule has 6 heteroatoms. The van der Waals surface area contributed by atoms with Crippen LogP contribution in [0.15, 0.2) is 29.4 Å². The molecule has 0 radical (unpaired) electrons. The summed E-state index contributed by atoms with van der Waals surface area (Å²) in [5.74, 6) is 0.0211. The third kappa shape index (κ3) is 3.18. The van der Waals surface area contributed by atoms with Gasteiger partial charge in [-0.3, -0.25) is 0 Å². The van der Waals surface area contributed by atoms with Crippen LogP contribution in [-0.4, -0.2) is 22.2 Å². The lowest BCUT2D eigenvalue weighted by atomic mass is 10.1. The number of carbonyl (C=O) groups is 1. The Labute approximate surface area is 86.0 Å². The summed E-state index contributed by atoms with van der Waals surface area (Å²) in [5, 5.41) is 21.9. The van der Waals surface area contributed by atoms with Gasteiger partial charge in [0.1, 0.15) is 0 Å². The summed E-state index contributed by atoms with van der Waals surface area (Å²) in [4.78, 5) is 10.2. The summed E-state index contributed by atoms with van der Waals surface area (Å²) in [7, 11) is 0. The number of amidine groups is 1. The van der Waals surface area contributed by atoms with Crippen LogP contribution >= 0.6 is 0 Å². The Kier molecular flexibility index (Phi) is 3.50. The molecule has 0 unspecified atom stereocenters. The molecule has 0 fully saturated rings. The molecule has 1 aromatic carbocycles. The van der Waals surface area contributed by atoms with Crippen molar-refractivity contribution >= 4 is 11.9 Å². The molecule has 0 atom stereocenters. The van der Waals surface area contributed by atoms with Crippen LogP contribution in [0.2, 0.25) is 0 Å². The Morgan fingerprint density at radius 3 is 2.47 bits per heavy atom. The number of carboxylic acid groups (broad SMARTS) is 1. The lowest BCUT2D eigenvalue weighted by Crippen LogP contribution is -2.20. The fraction of sp³-hybridized carbons (Fsp3) is 0.111. The van der Waals surface area contributed by atoms with Crippen LogP contribution in [0.1, 0.15) is 11.1 Å². The van der Waals surface area contributed by atoms with E-state index in [1.54, 1.807) is 24.3 Å². The standard InChI is InChI=1S/C9H11N3O3/c10-8(12-15)7-3-1-6(2-4-7)5-11-9(13)14/h1-4,11,15H,5H2,(H2,10,12)(H,13,14). The van der Waals surface area contributed by atoms with E-state index in [-0.39, 0.29) is 12.4 Å². The smallest absolute Gasteiger partial charge is 0.404 e. The zero-order valence-electron chi connectivity index (χ0n) is 7.84. The topological polar surface area (TPSA) is 108 Å². The maximum atomic E-state index is 10.2. The molecular weight excluding hydrogens is 198 g/mol. The third-order valence-corrected chi connectivity index (χ3v) is 1.80. The molecule has 80 valence electrons. The molecule has 0 aliphatic rings. The van der Waals surface area contributed by atoms with E-state index in [2.05, 4.69) is 10.5 Å². The number of hydrogen-bond donors (Lipinski definition) is 4. The van der Waals surface area contributed by atoms with Crippen molar-refractivity contribution in [1.29, 1.82) is 0 Å². The van der Waals surface area contributed by atoms with Crippen molar-refractivity contribution in [2.45, 2.75) is 6.54 Å². The molecule has 15 heavy (non-hydrogen) atoms. The van der Waals surface area contributed by atoms with E-state index in [1.807, 2.05) is 0 Å². The summed E-state index contributed by atoms with van der Waals surface area (Å²) >= 11 is 0. The summed E-state index contributed by atoms with van der Waals surface area (Å²) in [5.41, 5.74) is 6.73.